The third-order valence-corrected chi connectivity index (χ3v) is 13.0. The summed E-state index contributed by atoms with van der Waals surface area (Å²) in [7, 11) is 8.52. The molecule has 2 fully saturated rings. The predicted molar refractivity (Wildman–Crippen MR) is 273 cm³/mol. The zero-order valence-electron chi connectivity index (χ0n) is 41.1. The first-order chi connectivity index (χ1) is 34.3. The van der Waals surface area contributed by atoms with Crippen molar-refractivity contribution in [2.24, 2.45) is 25.9 Å². The number of carboxylic acid groups (broad SMARTS) is 1. The number of ether oxygens (including phenoxy) is 5. The monoisotopic (exact) mass is 984 g/mol. The minimum atomic E-state index is -0.746. The molecule has 16 nitrogen and oxygen atoms in total. The number of hydrogen-bond acceptors (Lipinski definition) is 11. The van der Waals surface area contributed by atoms with Crippen molar-refractivity contribution >= 4 is 24.1 Å². The average molecular weight is 985 g/mol. The van der Waals surface area contributed by atoms with Crippen molar-refractivity contribution in [2.45, 2.75) is 97.3 Å². The maximum atomic E-state index is 12.5. The van der Waals surface area contributed by atoms with E-state index in [9.17, 15) is 24.3 Å². The van der Waals surface area contributed by atoms with Crippen molar-refractivity contribution in [3.05, 3.63) is 144 Å². The SMILES string of the molecule is C.CN(Cc1ccccc1)C(=O)OCc1c(-c2ccc(O[C@H]3CCC[C@H](C(=O)O)C3)cc2)cnn1C.COC(=O)[C@H]1CCC[C@H](Oc2ccc(-c3cnn(C)c3COC(=O)N(C)Cc3ccccc3)cc2)C1. The Morgan fingerprint density at radius 3 is 1.40 bits per heavy atom. The first-order valence-electron chi connectivity index (χ1n) is 24.0. The summed E-state index contributed by atoms with van der Waals surface area (Å²) in [6.07, 6.45) is 9.00. The van der Waals surface area contributed by atoms with Gasteiger partial charge in [-0.25, -0.2) is 9.59 Å². The van der Waals surface area contributed by atoms with Gasteiger partial charge in [-0.15, -0.1) is 0 Å². The number of methoxy groups -OCH3 is 1. The first kappa shape index (κ1) is 53.7. The summed E-state index contributed by atoms with van der Waals surface area (Å²) >= 11 is 0. The molecular formula is C56H68N6O10. The first-order valence-corrected chi connectivity index (χ1v) is 24.0. The number of amides is 2. The highest BCUT2D eigenvalue weighted by atomic mass is 16.6. The smallest absolute Gasteiger partial charge is 0.410 e. The van der Waals surface area contributed by atoms with E-state index in [4.69, 9.17) is 23.7 Å². The van der Waals surface area contributed by atoms with E-state index >= 15 is 0 Å². The van der Waals surface area contributed by atoms with Gasteiger partial charge in [-0.2, -0.15) is 10.2 Å². The number of aryl methyl sites for hydroxylation is 2. The molecule has 2 saturated carbocycles. The van der Waals surface area contributed by atoms with Crippen LogP contribution in [-0.2, 0) is 64.2 Å². The van der Waals surface area contributed by atoms with Gasteiger partial charge in [-0.3, -0.25) is 19.0 Å². The largest absolute Gasteiger partial charge is 0.490 e. The number of hydrogen-bond donors (Lipinski definition) is 1. The molecule has 0 bridgehead atoms. The molecule has 0 spiro atoms. The molecule has 2 aromatic heterocycles. The van der Waals surface area contributed by atoms with Gasteiger partial charge in [0, 0.05) is 52.4 Å². The van der Waals surface area contributed by atoms with E-state index in [1.165, 1.54) is 12.0 Å². The number of carbonyl (C=O) groups is 4. The molecule has 0 aliphatic heterocycles. The van der Waals surface area contributed by atoms with Gasteiger partial charge in [0.25, 0.3) is 0 Å². The van der Waals surface area contributed by atoms with Gasteiger partial charge in [0.15, 0.2) is 0 Å². The lowest BCUT2D eigenvalue weighted by Gasteiger charge is -2.28. The molecule has 2 amide bonds. The van der Waals surface area contributed by atoms with Crippen LogP contribution in [0, 0.1) is 11.8 Å². The van der Waals surface area contributed by atoms with E-state index in [2.05, 4.69) is 10.2 Å². The van der Waals surface area contributed by atoms with E-state index in [0.717, 1.165) is 82.6 Å². The van der Waals surface area contributed by atoms with Gasteiger partial charge in [0.2, 0.25) is 0 Å². The maximum Gasteiger partial charge on any atom is 0.410 e. The number of carboxylic acids is 1. The quantitative estimate of drug-likeness (QED) is 0.0718. The Hall–Kier alpha value is -7.62. The normalized spacial score (nSPS) is 17.2. The molecule has 4 aromatic carbocycles. The number of nitrogens with zero attached hydrogens (tertiary/aromatic N) is 6. The maximum absolute atomic E-state index is 12.5. The van der Waals surface area contributed by atoms with Gasteiger partial charge in [0.05, 0.1) is 54.9 Å². The van der Waals surface area contributed by atoms with Crippen LogP contribution in [0.1, 0.15) is 81.3 Å². The highest BCUT2D eigenvalue weighted by Crippen LogP contribution is 2.33. The van der Waals surface area contributed by atoms with E-state index in [-0.39, 0.29) is 50.7 Å². The van der Waals surface area contributed by atoms with E-state index < -0.39 is 18.2 Å². The molecule has 16 heteroatoms. The molecule has 4 atom stereocenters. The third kappa shape index (κ3) is 14.7. The van der Waals surface area contributed by atoms with Crippen molar-refractivity contribution in [1.82, 2.24) is 29.4 Å². The summed E-state index contributed by atoms with van der Waals surface area (Å²) in [5.74, 6) is 0.137. The van der Waals surface area contributed by atoms with Crippen LogP contribution in [-0.4, -0.2) is 92.0 Å². The standard InChI is InChI=1S/C28H33N3O5.C27H31N3O5.CH4/c1-30(18-20-8-5-4-6-9-20)28(33)35-19-26-25(17-29-31(26)2)21-12-14-23(15-13-21)36-24-11-7-10-22(16-24)27(32)34-3;1-29(17-19-7-4-3-5-8-19)27(33)34-18-25-24(16-28-30(25)2)20-11-13-22(14-12-20)35-23-10-6-9-21(15-23)26(31)32;/h4-6,8-9,12-15,17,22,24H,7,10-11,16,18-19H2,1-3H3;3-5,7-8,11-14,16,21,23H,6,9-10,15,17-18H2,1-2H3,(H,31,32);1H4/t22-,24-;21-,23-;/m00./s1. The molecule has 1 N–H and O–H groups in total. The lowest BCUT2D eigenvalue weighted by atomic mass is 9.87. The zero-order valence-corrected chi connectivity index (χ0v) is 41.1. The molecular weight excluding hydrogens is 917 g/mol. The molecule has 72 heavy (non-hydrogen) atoms. The number of aliphatic carboxylic acids is 1. The van der Waals surface area contributed by atoms with Crippen LogP contribution < -0.4 is 9.47 Å². The number of esters is 1. The van der Waals surface area contributed by atoms with Crippen molar-refractivity contribution < 1.29 is 48.0 Å². The summed E-state index contributed by atoms with van der Waals surface area (Å²) in [5.41, 5.74) is 7.32. The van der Waals surface area contributed by atoms with Gasteiger partial charge in [-0.1, -0.05) is 92.4 Å². The van der Waals surface area contributed by atoms with Crippen molar-refractivity contribution in [3.8, 4) is 33.8 Å². The Kier molecular flexibility index (Phi) is 19.4. The van der Waals surface area contributed by atoms with Crippen LogP contribution in [0.5, 0.6) is 11.5 Å². The summed E-state index contributed by atoms with van der Waals surface area (Å²) in [4.78, 5) is 51.4. The molecule has 2 heterocycles. The fourth-order valence-electron chi connectivity index (χ4n) is 8.99. The van der Waals surface area contributed by atoms with E-state index in [0.29, 0.717) is 38.1 Å². The second-order valence-electron chi connectivity index (χ2n) is 18.2. The molecule has 8 rings (SSSR count). The van der Waals surface area contributed by atoms with Gasteiger partial charge in [-0.05, 0) is 97.9 Å². The Balaban J connectivity index is 0.000000232. The number of carbonyl (C=O) groups excluding carboxylic acids is 3. The Morgan fingerprint density at radius 2 is 1.00 bits per heavy atom. The molecule has 2 aliphatic carbocycles. The van der Waals surface area contributed by atoms with Crippen LogP contribution in [0.2, 0.25) is 0 Å². The Bertz CT molecular complexity index is 2670. The Labute approximate surface area is 422 Å². The number of benzene rings is 4. The summed E-state index contributed by atoms with van der Waals surface area (Å²) in [6, 6.07) is 35.0. The predicted octanol–water partition coefficient (Wildman–Crippen LogP) is 10.5. The molecule has 6 aromatic rings. The summed E-state index contributed by atoms with van der Waals surface area (Å²) < 4.78 is 31.7. The minimum Gasteiger partial charge on any atom is -0.490 e. The fourth-order valence-corrected chi connectivity index (χ4v) is 8.99. The van der Waals surface area contributed by atoms with Crippen molar-refractivity contribution in [3.63, 3.8) is 0 Å². The van der Waals surface area contributed by atoms with Crippen LogP contribution in [0.4, 0.5) is 9.59 Å². The molecule has 382 valence electrons. The van der Waals surface area contributed by atoms with Crippen LogP contribution in [0.25, 0.3) is 22.3 Å². The molecule has 2 aliphatic rings. The van der Waals surface area contributed by atoms with Gasteiger partial charge >= 0.3 is 24.1 Å². The zero-order chi connectivity index (χ0) is 50.3. The van der Waals surface area contributed by atoms with Crippen LogP contribution >= 0.6 is 0 Å². The Morgan fingerprint density at radius 1 is 0.597 bits per heavy atom. The summed E-state index contributed by atoms with van der Waals surface area (Å²) in [5, 5.41) is 18.0. The minimum absolute atomic E-state index is 0. The second-order valence-corrected chi connectivity index (χ2v) is 18.2. The summed E-state index contributed by atoms with van der Waals surface area (Å²) in [6.45, 7) is 1.15. The van der Waals surface area contributed by atoms with E-state index in [1.54, 1.807) is 40.8 Å². The molecule has 0 saturated heterocycles. The third-order valence-electron chi connectivity index (χ3n) is 13.0. The topological polar surface area (TPSA) is 177 Å². The molecule has 0 radical (unpaired) electrons. The van der Waals surface area contributed by atoms with Crippen LogP contribution in [0.3, 0.4) is 0 Å². The van der Waals surface area contributed by atoms with Gasteiger partial charge in [0.1, 0.15) is 24.7 Å². The van der Waals surface area contributed by atoms with Crippen molar-refractivity contribution in [1.29, 1.82) is 0 Å². The lowest BCUT2D eigenvalue weighted by molar-refractivity contribution is -0.147. The highest BCUT2D eigenvalue weighted by molar-refractivity contribution is 5.73. The average Bonchev–Trinajstić information content (AvgIpc) is 3.96. The fraction of sp³-hybridized carbons (Fsp3) is 0.393. The number of rotatable bonds is 16. The number of aromatic nitrogens is 4. The van der Waals surface area contributed by atoms with Gasteiger partial charge < -0.3 is 38.6 Å². The lowest BCUT2D eigenvalue weighted by Crippen LogP contribution is -2.30. The second kappa shape index (κ2) is 26.0. The highest BCUT2D eigenvalue weighted by Gasteiger charge is 2.30. The van der Waals surface area contributed by atoms with Crippen LogP contribution in [0.15, 0.2) is 122 Å². The van der Waals surface area contributed by atoms with E-state index in [1.807, 2.05) is 123 Å². The molecule has 0 unspecified atom stereocenters. The van der Waals surface area contributed by atoms with Crippen molar-refractivity contribution in [2.75, 3.05) is 21.2 Å².